The highest BCUT2D eigenvalue weighted by atomic mass is 19.4. The quantitative estimate of drug-likeness (QED) is 0.433. The minimum absolute atomic E-state index is 0.0261. The summed E-state index contributed by atoms with van der Waals surface area (Å²) in [6.45, 7) is 9.46. The van der Waals surface area contributed by atoms with E-state index in [1.165, 1.54) is 0 Å². The zero-order chi connectivity index (χ0) is 29.6. The Bertz CT molecular complexity index is 1230. The van der Waals surface area contributed by atoms with Crippen molar-refractivity contribution in [3.63, 3.8) is 0 Å². The van der Waals surface area contributed by atoms with Crippen LogP contribution in [0.4, 0.5) is 13.2 Å². The predicted molar refractivity (Wildman–Crippen MR) is 155 cm³/mol. The van der Waals surface area contributed by atoms with Crippen LogP contribution >= 0.6 is 0 Å². The van der Waals surface area contributed by atoms with Gasteiger partial charge in [0.25, 0.3) is 0 Å². The number of piperazine rings is 1. The molecule has 6 rings (SSSR count). The van der Waals surface area contributed by atoms with E-state index in [4.69, 9.17) is 4.74 Å². The second-order valence-corrected chi connectivity index (χ2v) is 13.0. The molecule has 1 amide bonds. The van der Waals surface area contributed by atoms with E-state index in [2.05, 4.69) is 45.8 Å². The highest BCUT2D eigenvalue weighted by Crippen LogP contribution is 2.63. The molecule has 2 saturated carbocycles. The maximum absolute atomic E-state index is 14.6. The molecule has 4 atom stereocenters. The third-order valence-corrected chi connectivity index (χ3v) is 10.4. The number of likely N-dealkylation sites (tertiary alicyclic amines) is 1. The lowest BCUT2D eigenvalue weighted by Crippen LogP contribution is -2.61. The third kappa shape index (κ3) is 5.07. The molecule has 4 fully saturated rings. The second-order valence-electron chi connectivity index (χ2n) is 13.0. The lowest BCUT2D eigenvalue weighted by Gasteiger charge is -2.49. The van der Waals surface area contributed by atoms with Crippen molar-refractivity contribution in [2.24, 2.45) is 23.2 Å². The summed E-state index contributed by atoms with van der Waals surface area (Å²) in [6.07, 6.45) is 4.14. The molecule has 1 aromatic heterocycles. The largest absolute Gasteiger partial charge is 0.477 e. The number of halogens is 3. The number of carbonyl (C=O) groups is 1. The van der Waals surface area contributed by atoms with E-state index in [-0.39, 0.29) is 18.4 Å². The molecule has 2 saturated heterocycles. The molecular weight excluding hydrogens is 543 g/mol. The smallest absolute Gasteiger partial charge is 0.403 e. The van der Waals surface area contributed by atoms with Crippen molar-refractivity contribution in [1.82, 2.24) is 24.6 Å². The molecule has 2 aliphatic carbocycles. The number of allylic oxidation sites excluding steroid dienone is 2. The average Bonchev–Trinajstić information content (AvgIpc) is 3.59. The number of rotatable bonds is 8. The highest BCUT2D eigenvalue weighted by molar-refractivity contribution is 5.85. The van der Waals surface area contributed by atoms with E-state index < -0.39 is 23.4 Å². The number of alkyl halides is 3. The molecule has 0 N–H and O–H groups in total. The van der Waals surface area contributed by atoms with E-state index in [0.717, 1.165) is 49.4 Å². The fourth-order valence-corrected chi connectivity index (χ4v) is 8.43. The van der Waals surface area contributed by atoms with Crippen LogP contribution in [0.3, 0.4) is 0 Å². The van der Waals surface area contributed by atoms with Gasteiger partial charge in [-0.25, -0.2) is 4.98 Å². The summed E-state index contributed by atoms with van der Waals surface area (Å²) in [4.78, 5) is 26.9. The van der Waals surface area contributed by atoms with Crippen molar-refractivity contribution in [3.05, 3.63) is 41.7 Å². The van der Waals surface area contributed by atoms with Crippen LogP contribution in [0.2, 0.25) is 0 Å². The van der Waals surface area contributed by atoms with Gasteiger partial charge in [0.1, 0.15) is 5.41 Å². The van der Waals surface area contributed by atoms with Gasteiger partial charge in [-0.3, -0.25) is 4.79 Å². The Balaban J connectivity index is 1.23. The summed E-state index contributed by atoms with van der Waals surface area (Å²) >= 11 is 0. The average molecular weight is 588 g/mol. The van der Waals surface area contributed by atoms with Crippen LogP contribution in [0.15, 0.2) is 36.2 Å². The molecule has 0 spiro atoms. The molecule has 10 heteroatoms. The van der Waals surface area contributed by atoms with Gasteiger partial charge in [-0.15, -0.1) is 0 Å². The molecule has 1 aromatic rings. The van der Waals surface area contributed by atoms with Crippen molar-refractivity contribution < 1.29 is 22.7 Å². The highest BCUT2D eigenvalue weighted by Gasteiger charge is 2.70. The summed E-state index contributed by atoms with van der Waals surface area (Å²) in [6, 6.07) is 3.95. The molecule has 4 heterocycles. The topological polar surface area (TPSA) is 52.2 Å². The van der Waals surface area contributed by atoms with Gasteiger partial charge in [0, 0.05) is 68.8 Å². The van der Waals surface area contributed by atoms with Gasteiger partial charge in [-0.1, -0.05) is 13.3 Å². The first-order valence-electron chi connectivity index (χ1n) is 15.7. The number of pyridine rings is 1. The number of ether oxygens (including phenoxy) is 1. The third-order valence-electron chi connectivity index (χ3n) is 10.4. The van der Waals surface area contributed by atoms with Gasteiger partial charge < -0.3 is 24.3 Å². The summed E-state index contributed by atoms with van der Waals surface area (Å²) < 4.78 is 49.6. The van der Waals surface area contributed by atoms with Gasteiger partial charge in [-0.05, 0) is 75.8 Å². The molecular formula is C32H44F3N5O2. The molecule has 230 valence electrons. The van der Waals surface area contributed by atoms with Gasteiger partial charge in [-0.2, -0.15) is 13.2 Å². The Kier molecular flexibility index (Phi) is 7.96. The first-order valence-corrected chi connectivity index (χ1v) is 15.7. The van der Waals surface area contributed by atoms with Crippen LogP contribution < -0.4 is 4.74 Å². The van der Waals surface area contributed by atoms with Crippen LogP contribution in [0.5, 0.6) is 5.88 Å². The Morgan fingerprint density at radius 2 is 1.95 bits per heavy atom. The van der Waals surface area contributed by atoms with E-state index in [0.29, 0.717) is 57.4 Å². The molecule has 7 nitrogen and oxygen atoms in total. The Labute approximate surface area is 247 Å². The SMILES string of the molecule is CCOc1ncccc1C1=CC=C(N2CCN(C(=O)C3(C(F)(F)F)CC4CCC3C4)C[C@H]2CC)CN1CC1CN(C)C1. The lowest BCUT2D eigenvalue weighted by atomic mass is 9.71. The summed E-state index contributed by atoms with van der Waals surface area (Å²) in [5, 5.41) is 0. The minimum atomic E-state index is -4.50. The Morgan fingerprint density at radius 3 is 2.60 bits per heavy atom. The number of nitrogens with zero attached hydrogens (tertiary/aromatic N) is 5. The number of hydrogen-bond acceptors (Lipinski definition) is 6. The van der Waals surface area contributed by atoms with Crippen LogP contribution in [0.25, 0.3) is 5.70 Å². The Morgan fingerprint density at radius 1 is 1.14 bits per heavy atom. The monoisotopic (exact) mass is 587 g/mol. The summed E-state index contributed by atoms with van der Waals surface area (Å²) in [5.41, 5.74) is 1.01. The zero-order valence-electron chi connectivity index (χ0n) is 25.1. The van der Waals surface area contributed by atoms with Crippen molar-refractivity contribution in [2.75, 3.05) is 59.5 Å². The molecule has 0 aromatic carbocycles. The van der Waals surface area contributed by atoms with Gasteiger partial charge in [0.2, 0.25) is 11.8 Å². The maximum Gasteiger partial charge on any atom is 0.403 e. The number of aromatic nitrogens is 1. The lowest BCUT2D eigenvalue weighted by molar-refractivity contribution is -0.242. The van der Waals surface area contributed by atoms with Crippen molar-refractivity contribution >= 4 is 11.6 Å². The second kappa shape index (κ2) is 11.4. The first kappa shape index (κ1) is 29.3. The van der Waals surface area contributed by atoms with E-state index in [1.807, 2.05) is 19.1 Å². The van der Waals surface area contributed by atoms with E-state index in [9.17, 15) is 18.0 Å². The molecule has 5 aliphatic rings. The van der Waals surface area contributed by atoms with Crippen LogP contribution in [0, 0.1) is 23.2 Å². The zero-order valence-corrected chi connectivity index (χ0v) is 25.1. The fraction of sp³-hybridized carbons (Fsp3) is 0.688. The summed E-state index contributed by atoms with van der Waals surface area (Å²) in [7, 11) is 2.13. The van der Waals surface area contributed by atoms with Crippen LogP contribution in [-0.4, -0.2) is 102 Å². The standard InChI is InChI=1S/C32H44F3N5O2/c1-4-25-20-38(30(41)31(32(33,34)35)16-22-8-9-24(31)15-22)13-14-40(25)26-10-11-28(27-7-6-12-36-29(27)42-5-2)39(21-26)19-23-17-37(3)18-23/h6-7,10-12,22-25H,4-5,8-9,13-21H2,1-3H3/t22?,24?,25-,31?/m1/s1. The molecule has 0 radical (unpaired) electrons. The van der Waals surface area contributed by atoms with Gasteiger partial charge in [0.15, 0.2) is 0 Å². The van der Waals surface area contributed by atoms with Crippen molar-refractivity contribution in [2.45, 2.75) is 58.2 Å². The van der Waals surface area contributed by atoms with Crippen molar-refractivity contribution in [1.29, 1.82) is 0 Å². The predicted octanol–water partition coefficient (Wildman–Crippen LogP) is 4.87. The van der Waals surface area contributed by atoms with Crippen LogP contribution in [-0.2, 0) is 4.79 Å². The Hall–Kier alpha value is -2.75. The van der Waals surface area contributed by atoms with E-state index >= 15 is 0 Å². The summed E-state index contributed by atoms with van der Waals surface area (Å²) in [5.74, 6) is -0.0261. The van der Waals surface area contributed by atoms with Crippen molar-refractivity contribution in [3.8, 4) is 5.88 Å². The first-order chi connectivity index (χ1) is 20.1. The molecule has 42 heavy (non-hydrogen) atoms. The van der Waals surface area contributed by atoms with E-state index in [1.54, 1.807) is 11.1 Å². The maximum atomic E-state index is 14.6. The molecule has 2 bridgehead atoms. The number of hydrogen-bond donors (Lipinski definition) is 0. The van der Waals surface area contributed by atoms with Gasteiger partial charge >= 0.3 is 6.18 Å². The number of fused-ring (bicyclic) bond motifs is 2. The molecule has 3 unspecified atom stereocenters. The normalized spacial score (nSPS) is 30.3. The number of carbonyl (C=O) groups excluding carboxylic acids is 1. The van der Waals surface area contributed by atoms with Gasteiger partial charge in [0.05, 0.1) is 18.7 Å². The minimum Gasteiger partial charge on any atom is -0.477 e. The fourth-order valence-electron chi connectivity index (χ4n) is 8.43. The van der Waals surface area contributed by atoms with Crippen LogP contribution in [0.1, 0.15) is 51.5 Å². The molecule has 3 aliphatic heterocycles. The number of amides is 1.